The van der Waals surface area contributed by atoms with Gasteiger partial charge in [0.2, 0.25) is 5.91 Å². The first-order valence-electron chi connectivity index (χ1n) is 8.91. The maximum atomic E-state index is 12.2. The summed E-state index contributed by atoms with van der Waals surface area (Å²) in [6.07, 6.45) is 5.36. The lowest BCUT2D eigenvalue weighted by atomic mass is 10.0. The molecule has 3 aromatic rings. The average Bonchev–Trinajstić information content (AvgIpc) is 3.15. The second kappa shape index (κ2) is 7.45. The highest BCUT2D eigenvalue weighted by atomic mass is 16.2. The van der Waals surface area contributed by atoms with E-state index >= 15 is 0 Å². The molecular weight excluding hydrogens is 344 g/mol. The molecule has 3 amide bonds. The minimum atomic E-state index is -0.528. The van der Waals surface area contributed by atoms with E-state index in [9.17, 15) is 9.59 Å². The maximum absolute atomic E-state index is 12.2. The molecule has 27 heavy (non-hydrogen) atoms. The Labute approximate surface area is 156 Å². The van der Waals surface area contributed by atoms with Crippen LogP contribution < -0.4 is 16.0 Å². The number of anilines is 1. The minimum Gasteiger partial charge on any atom is -0.382 e. The molecule has 8 nitrogen and oxygen atoms in total. The zero-order chi connectivity index (χ0) is 18.6. The lowest BCUT2D eigenvalue weighted by molar-refractivity contribution is -0.122. The van der Waals surface area contributed by atoms with E-state index in [1.807, 2.05) is 24.3 Å². The van der Waals surface area contributed by atoms with Crippen LogP contribution in [0.25, 0.3) is 5.65 Å². The Hall–Kier alpha value is -3.42. The summed E-state index contributed by atoms with van der Waals surface area (Å²) < 4.78 is 1.65. The molecule has 1 aromatic carbocycles. The molecule has 3 heterocycles. The number of carbonyl (C=O) groups excluding carboxylic acids is 2. The van der Waals surface area contributed by atoms with E-state index in [0.717, 1.165) is 25.1 Å². The number of benzene rings is 1. The smallest absolute Gasteiger partial charge is 0.321 e. The number of carbonyl (C=O) groups is 2. The molecule has 0 aliphatic carbocycles. The van der Waals surface area contributed by atoms with Crippen LogP contribution in [0.1, 0.15) is 23.6 Å². The van der Waals surface area contributed by atoms with Crippen LogP contribution in [0.5, 0.6) is 0 Å². The molecule has 1 atom stereocenters. The highest BCUT2D eigenvalue weighted by molar-refractivity contribution is 6.00. The number of hydrogen-bond acceptors (Lipinski definition) is 5. The Morgan fingerprint density at radius 2 is 2.07 bits per heavy atom. The molecule has 2 aromatic heterocycles. The predicted octanol–water partition coefficient (Wildman–Crippen LogP) is 1.70. The van der Waals surface area contributed by atoms with E-state index in [1.165, 1.54) is 5.56 Å². The average molecular weight is 364 g/mol. The monoisotopic (exact) mass is 364 g/mol. The molecule has 4 rings (SSSR count). The number of rotatable bonds is 6. The molecule has 138 valence electrons. The molecule has 0 spiro atoms. The highest BCUT2D eigenvalue weighted by Crippen LogP contribution is 2.22. The van der Waals surface area contributed by atoms with Gasteiger partial charge >= 0.3 is 6.03 Å². The van der Waals surface area contributed by atoms with Crippen molar-refractivity contribution in [3.05, 3.63) is 60.0 Å². The Balaban J connectivity index is 1.49. The van der Waals surface area contributed by atoms with Crippen LogP contribution in [0.4, 0.5) is 10.5 Å². The van der Waals surface area contributed by atoms with Gasteiger partial charge in [-0.2, -0.15) is 5.10 Å². The molecule has 1 fully saturated rings. The Kier molecular flexibility index (Phi) is 4.69. The molecule has 0 radical (unpaired) electrons. The van der Waals surface area contributed by atoms with E-state index in [2.05, 4.69) is 38.2 Å². The van der Waals surface area contributed by atoms with Crippen molar-refractivity contribution in [1.29, 1.82) is 0 Å². The van der Waals surface area contributed by atoms with Gasteiger partial charge in [-0.25, -0.2) is 14.3 Å². The molecular formula is C19H20N6O2. The number of amides is 3. The number of imidazole rings is 1. The van der Waals surface area contributed by atoms with Crippen molar-refractivity contribution in [3.8, 4) is 0 Å². The molecule has 1 unspecified atom stereocenters. The summed E-state index contributed by atoms with van der Waals surface area (Å²) in [5, 5.41) is 12.8. The number of aryl methyl sites for hydroxylation is 1. The zero-order valence-corrected chi connectivity index (χ0v) is 14.7. The molecule has 3 N–H and O–H groups in total. The van der Waals surface area contributed by atoms with Crippen LogP contribution in [-0.4, -0.2) is 39.6 Å². The number of fused-ring (bicyclic) bond motifs is 1. The van der Waals surface area contributed by atoms with Gasteiger partial charge < -0.3 is 10.6 Å². The first-order chi connectivity index (χ1) is 13.2. The van der Waals surface area contributed by atoms with E-state index in [-0.39, 0.29) is 12.5 Å². The largest absolute Gasteiger partial charge is 0.382 e. The summed E-state index contributed by atoms with van der Waals surface area (Å²) in [6.45, 7) is 1.000. The van der Waals surface area contributed by atoms with Crippen LogP contribution in [0.3, 0.4) is 0 Å². The number of nitrogens with zero attached hydrogens (tertiary/aromatic N) is 3. The second-order valence-electron chi connectivity index (χ2n) is 6.45. The SMILES string of the molecule is O=C1NCC(c2cc(NCCCc3ccccc3)c3nccn3n2)C(=O)N1. The van der Waals surface area contributed by atoms with Gasteiger partial charge in [-0.1, -0.05) is 30.3 Å². The first-order valence-corrected chi connectivity index (χ1v) is 8.91. The maximum Gasteiger partial charge on any atom is 0.321 e. The van der Waals surface area contributed by atoms with Gasteiger partial charge in [0.15, 0.2) is 5.65 Å². The first kappa shape index (κ1) is 17.0. The fourth-order valence-corrected chi connectivity index (χ4v) is 3.17. The van der Waals surface area contributed by atoms with Gasteiger partial charge in [-0.3, -0.25) is 10.1 Å². The van der Waals surface area contributed by atoms with Gasteiger partial charge in [0.25, 0.3) is 0 Å². The molecule has 1 aliphatic heterocycles. The third kappa shape index (κ3) is 3.74. The number of aromatic nitrogens is 3. The Morgan fingerprint density at radius 1 is 1.22 bits per heavy atom. The topological polar surface area (TPSA) is 100 Å². The van der Waals surface area contributed by atoms with Crippen LogP contribution in [-0.2, 0) is 11.2 Å². The lowest BCUT2D eigenvalue weighted by Gasteiger charge is -2.22. The van der Waals surface area contributed by atoms with Crippen molar-refractivity contribution >= 4 is 23.3 Å². The summed E-state index contributed by atoms with van der Waals surface area (Å²) in [7, 11) is 0. The van der Waals surface area contributed by atoms with Gasteiger partial charge in [0, 0.05) is 25.5 Å². The highest BCUT2D eigenvalue weighted by Gasteiger charge is 2.29. The fraction of sp³-hybridized carbons (Fsp3) is 0.263. The third-order valence-electron chi connectivity index (χ3n) is 4.56. The molecule has 1 aliphatic rings. The van der Waals surface area contributed by atoms with Gasteiger partial charge in [0.1, 0.15) is 0 Å². The van der Waals surface area contributed by atoms with Crippen molar-refractivity contribution in [2.24, 2.45) is 0 Å². The van der Waals surface area contributed by atoms with Gasteiger partial charge in [-0.15, -0.1) is 0 Å². The molecule has 1 saturated heterocycles. The summed E-state index contributed by atoms with van der Waals surface area (Å²) in [5.41, 5.74) is 3.42. The minimum absolute atomic E-state index is 0.227. The van der Waals surface area contributed by atoms with Crippen molar-refractivity contribution in [3.63, 3.8) is 0 Å². The van der Waals surface area contributed by atoms with Crippen molar-refractivity contribution < 1.29 is 9.59 Å². The number of hydrogen-bond donors (Lipinski definition) is 3. The fourth-order valence-electron chi connectivity index (χ4n) is 3.17. The lowest BCUT2D eigenvalue weighted by Crippen LogP contribution is -2.51. The third-order valence-corrected chi connectivity index (χ3v) is 4.56. The molecule has 0 saturated carbocycles. The van der Waals surface area contributed by atoms with Gasteiger partial charge in [0.05, 0.1) is 17.3 Å². The van der Waals surface area contributed by atoms with Crippen LogP contribution in [0, 0.1) is 0 Å². The van der Waals surface area contributed by atoms with E-state index in [4.69, 9.17) is 0 Å². The van der Waals surface area contributed by atoms with Crippen LogP contribution in [0.2, 0.25) is 0 Å². The summed E-state index contributed by atoms with van der Waals surface area (Å²) in [5.74, 6) is -0.875. The van der Waals surface area contributed by atoms with Gasteiger partial charge in [-0.05, 0) is 24.5 Å². The molecule has 8 heteroatoms. The summed E-state index contributed by atoms with van der Waals surface area (Å²) in [4.78, 5) is 27.8. The van der Waals surface area contributed by atoms with Crippen molar-refractivity contribution in [2.45, 2.75) is 18.8 Å². The zero-order valence-electron chi connectivity index (χ0n) is 14.7. The van der Waals surface area contributed by atoms with E-state index in [1.54, 1.807) is 16.9 Å². The second-order valence-corrected chi connectivity index (χ2v) is 6.45. The van der Waals surface area contributed by atoms with Crippen LogP contribution >= 0.6 is 0 Å². The normalized spacial score (nSPS) is 16.8. The summed E-state index contributed by atoms with van der Waals surface area (Å²) in [6, 6.07) is 11.7. The molecule has 0 bridgehead atoms. The Bertz CT molecular complexity index is 969. The summed E-state index contributed by atoms with van der Waals surface area (Å²) >= 11 is 0. The van der Waals surface area contributed by atoms with E-state index < -0.39 is 11.9 Å². The Morgan fingerprint density at radius 3 is 2.89 bits per heavy atom. The van der Waals surface area contributed by atoms with Crippen molar-refractivity contribution in [1.82, 2.24) is 25.2 Å². The van der Waals surface area contributed by atoms with Crippen molar-refractivity contribution in [2.75, 3.05) is 18.4 Å². The predicted molar refractivity (Wildman–Crippen MR) is 101 cm³/mol. The quantitative estimate of drug-likeness (QED) is 0.578. The number of imide groups is 1. The number of nitrogens with one attached hydrogen (secondary N) is 3. The van der Waals surface area contributed by atoms with E-state index in [0.29, 0.717) is 11.3 Å². The number of urea groups is 1. The van der Waals surface area contributed by atoms with Crippen LogP contribution in [0.15, 0.2) is 48.8 Å². The standard InChI is InChI=1S/C19H20N6O2/c26-18-14(12-22-19(27)23-18)15-11-16(17-21-9-10-25(17)24-15)20-8-4-7-13-5-2-1-3-6-13/h1-3,5-6,9-11,14,20H,4,7-8,12H2,(H2,22,23,26,27).